The molecule has 1 saturated carbocycles. The van der Waals surface area contributed by atoms with Crippen molar-refractivity contribution in [1.82, 2.24) is 10.6 Å². The molecular formula is C11H22N2O3. The second-order valence-corrected chi connectivity index (χ2v) is 4.38. The van der Waals surface area contributed by atoms with Gasteiger partial charge in [0.15, 0.2) is 0 Å². The Morgan fingerprint density at radius 3 is 2.81 bits per heavy atom. The number of aliphatic hydroxyl groups excluding tert-OH is 1. The largest absolute Gasteiger partial charge is 0.389 e. The summed E-state index contributed by atoms with van der Waals surface area (Å²) in [5.41, 5.74) is 0. The van der Waals surface area contributed by atoms with Crippen LogP contribution in [0.5, 0.6) is 0 Å². The van der Waals surface area contributed by atoms with Crippen molar-refractivity contribution in [3.63, 3.8) is 0 Å². The fourth-order valence-corrected chi connectivity index (χ4v) is 1.34. The molecule has 0 spiro atoms. The van der Waals surface area contributed by atoms with Gasteiger partial charge in [0, 0.05) is 20.2 Å². The lowest BCUT2D eigenvalue weighted by Gasteiger charge is -2.16. The fraction of sp³-hybridized carbons (Fsp3) is 0.909. The van der Waals surface area contributed by atoms with Gasteiger partial charge >= 0.3 is 0 Å². The highest BCUT2D eigenvalue weighted by Crippen LogP contribution is 2.28. The van der Waals surface area contributed by atoms with Gasteiger partial charge in [0.05, 0.1) is 18.8 Å². The molecule has 3 N–H and O–H groups in total. The van der Waals surface area contributed by atoms with E-state index in [0.29, 0.717) is 19.1 Å². The van der Waals surface area contributed by atoms with Crippen LogP contribution in [-0.2, 0) is 9.53 Å². The first-order valence-corrected chi connectivity index (χ1v) is 5.84. The number of likely N-dealkylation sites (N-methyl/N-ethyl adjacent to an activating group) is 1. The summed E-state index contributed by atoms with van der Waals surface area (Å²) in [6, 6.07) is -0.289. The van der Waals surface area contributed by atoms with Crippen molar-refractivity contribution in [3.05, 3.63) is 0 Å². The molecule has 16 heavy (non-hydrogen) atoms. The maximum Gasteiger partial charge on any atom is 0.236 e. The number of amides is 1. The Hall–Kier alpha value is -0.650. The molecule has 0 aromatic rings. The molecule has 1 rings (SSSR count). The highest BCUT2D eigenvalue weighted by atomic mass is 16.5. The van der Waals surface area contributed by atoms with Gasteiger partial charge in [0.1, 0.15) is 0 Å². The van der Waals surface area contributed by atoms with Gasteiger partial charge in [-0.05, 0) is 25.7 Å². The molecule has 1 fully saturated rings. The zero-order valence-electron chi connectivity index (χ0n) is 10.0. The Labute approximate surface area is 96.6 Å². The van der Waals surface area contributed by atoms with Gasteiger partial charge in [-0.1, -0.05) is 0 Å². The third-order valence-electron chi connectivity index (χ3n) is 2.66. The SMILES string of the molecule is CNC(=O)C(C)NCC(O)COCC1CC1. The van der Waals surface area contributed by atoms with Crippen LogP contribution in [0.4, 0.5) is 0 Å². The summed E-state index contributed by atoms with van der Waals surface area (Å²) < 4.78 is 5.35. The molecule has 2 unspecified atom stereocenters. The molecule has 0 bridgehead atoms. The molecule has 1 amide bonds. The smallest absolute Gasteiger partial charge is 0.236 e. The lowest BCUT2D eigenvalue weighted by molar-refractivity contribution is -0.122. The lowest BCUT2D eigenvalue weighted by atomic mass is 10.3. The fourth-order valence-electron chi connectivity index (χ4n) is 1.34. The van der Waals surface area contributed by atoms with E-state index in [2.05, 4.69) is 10.6 Å². The van der Waals surface area contributed by atoms with E-state index in [4.69, 9.17) is 4.74 Å². The molecule has 0 aliphatic heterocycles. The molecule has 0 radical (unpaired) electrons. The molecule has 0 heterocycles. The predicted octanol–water partition coefficient (Wildman–Crippen LogP) is -0.502. The van der Waals surface area contributed by atoms with Crippen molar-refractivity contribution in [2.75, 3.05) is 26.8 Å². The van der Waals surface area contributed by atoms with Crippen molar-refractivity contribution in [2.45, 2.75) is 31.9 Å². The van der Waals surface area contributed by atoms with Gasteiger partial charge in [0.25, 0.3) is 0 Å². The van der Waals surface area contributed by atoms with Gasteiger partial charge in [0.2, 0.25) is 5.91 Å². The maximum absolute atomic E-state index is 11.1. The molecular weight excluding hydrogens is 208 g/mol. The van der Waals surface area contributed by atoms with Crippen molar-refractivity contribution in [1.29, 1.82) is 0 Å². The van der Waals surface area contributed by atoms with E-state index >= 15 is 0 Å². The Bertz CT molecular complexity index is 219. The van der Waals surface area contributed by atoms with Gasteiger partial charge in [-0.25, -0.2) is 0 Å². The van der Waals surface area contributed by atoms with Gasteiger partial charge in [-0.2, -0.15) is 0 Å². The van der Waals surface area contributed by atoms with Crippen molar-refractivity contribution < 1.29 is 14.6 Å². The number of ether oxygens (including phenoxy) is 1. The Morgan fingerprint density at radius 1 is 1.56 bits per heavy atom. The summed E-state index contributed by atoms with van der Waals surface area (Å²) in [4.78, 5) is 11.1. The van der Waals surface area contributed by atoms with Crippen LogP contribution >= 0.6 is 0 Å². The van der Waals surface area contributed by atoms with Crippen LogP contribution in [0, 0.1) is 5.92 Å². The van der Waals surface area contributed by atoms with Crippen molar-refractivity contribution >= 4 is 5.91 Å². The first kappa shape index (κ1) is 13.4. The summed E-state index contributed by atoms with van der Waals surface area (Å²) >= 11 is 0. The van der Waals surface area contributed by atoms with Gasteiger partial charge < -0.3 is 20.5 Å². The minimum Gasteiger partial charge on any atom is -0.389 e. The van der Waals surface area contributed by atoms with E-state index in [1.54, 1.807) is 14.0 Å². The minimum atomic E-state index is -0.550. The van der Waals surface area contributed by atoms with Crippen LogP contribution in [0.1, 0.15) is 19.8 Å². The molecule has 5 nitrogen and oxygen atoms in total. The zero-order chi connectivity index (χ0) is 12.0. The van der Waals surface area contributed by atoms with E-state index in [9.17, 15) is 9.90 Å². The highest BCUT2D eigenvalue weighted by molar-refractivity contribution is 5.80. The monoisotopic (exact) mass is 230 g/mol. The molecule has 1 aliphatic rings. The normalized spacial score (nSPS) is 19.2. The lowest BCUT2D eigenvalue weighted by Crippen LogP contribution is -2.44. The quantitative estimate of drug-likeness (QED) is 0.525. The predicted molar refractivity (Wildman–Crippen MR) is 61.1 cm³/mol. The number of nitrogens with one attached hydrogen (secondary N) is 2. The summed E-state index contributed by atoms with van der Waals surface area (Å²) in [6.07, 6.45) is 1.95. The van der Waals surface area contributed by atoms with Crippen LogP contribution in [0.25, 0.3) is 0 Å². The minimum absolute atomic E-state index is 0.0777. The van der Waals surface area contributed by atoms with Gasteiger partial charge in [-0.3, -0.25) is 4.79 Å². The van der Waals surface area contributed by atoms with E-state index in [1.807, 2.05) is 0 Å². The standard InChI is InChI=1S/C11H22N2O3/c1-8(11(15)12-2)13-5-10(14)7-16-6-9-3-4-9/h8-10,13-14H,3-7H2,1-2H3,(H,12,15). The van der Waals surface area contributed by atoms with E-state index < -0.39 is 6.10 Å². The van der Waals surface area contributed by atoms with Crippen LogP contribution in [0.15, 0.2) is 0 Å². The number of hydrogen-bond acceptors (Lipinski definition) is 4. The molecule has 0 aromatic carbocycles. The van der Waals surface area contributed by atoms with E-state index in [-0.39, 0.29) is 11.9 Å². The highest BCUT2D eigenvalue weighted by Gasteiger charge is 2.21. The summed E-state index contributed by atoms with van der Waals surface area (Å²) in [5.74, 6) is 0.635. The number of hydrogen-bond donors (Lipinski definition) is 3. The average Bonchev–Trinajstić information content (AvgIpc) is 3.08. The Kier molecular flexibility index (Phi) is 5.73. The number of aliphatic hydroxyl groups is 1. The Balaban J connectivity index is 1.99. The number of rotatable bonds is 8. The topological polar surface area (TPSA) is 70.6 Å². The van der Waals surface area contributed by atoms with Crippen LogP contribution in [0.3, 0.4) is 0 Å². The van der Waals surface area contributed by atoms with Crippen LogP contribution < -0.4 is 10.6 Å². The van der Waals surface area contributed by atoms with E-state index in [1.165, 1.54) is 12.8 Å². The third kappa shape index (κ3) is 5.44. The average molecular weight is 230 g/mol. The van der Waals surface area contributed by atoms with Crippen LogP contribution in [-0.4, -0.2) is 50.0 Å². The van der Waals surface area contributed by atoms with E-state index in [0.717, 1.165) is 6.61 Å². The first-order valence-electron chi connectivity index (χ1n) is 5.84. The van der Waals surface area contributed by atoms with Crippen LogP contribution in [0.2, 0.25) is 0 Å². The summed E-state index contributed by atoms with van der Waals surface area (Å²) in [5, 5.41) is 15.1. The second kappa shape index (κ2) is 6.83. The summed E-state index contributed by atoms with van der Waals surface area (Å²) in [7, 11) is 1.59. The first-order chi connectivity index (χ1) is 7.63. The molecule has 2 atom stereocenters. The molecule has 1 aliphatic carbocycles. The van der Waals surface area contributed by atoms with Crippen molar-refractivity contribution in [2.24, 2.45) is 5.92 Å². The van der Waals surface area contributed by atoms with Gasteiger partial charge in [-0.15, -0.1) is 0 Å². The van der Waals surface area contributed by atoms with Crippen molar-refractivity contribution in [3.8, 4) is 0 Å². The second-order valence-electron chi connectivity index (χ2n) is 4.38. The Morgan fingerprint density at radius 2 is 2.25 bits per heavy atom. The molecule has 94 valence electrons. The maximum atomic E-state index is 11.1. The third-order valence-corrected chi connectivity index (χ3v) is 2.66. The molecule has 5 heteroatoms. The number of carbonyl (C=O) groups excluding carboxylic acids is 1. The number of carbonyl (C=O) groups is 1. The molecule has 0 aromatic heterocycles. The summed E-state index contributed by atoms with van der Waals surface area (Å²) in [6.45, 7) is 3.22. The molecule has 0 saturated heterocycles. The zero-order valence-corrected chi connectivity index (χ0v) is 10.0.